The van der Waals surface area contributed by atoms with E-state index in [1.807, 2.05) is 7.05 Å². The van der Waals surface area contributed by atoms with E-state index in [1.165, 1.54) is 17.0 Å². The minimum Gasteiger partial charge on any atom is -0.354 e. The standard InChI is InChI=1S/C14H20N4O4S/c1-15-7-3-8-16-13(19)10-4-2-9-17(10)14(20)11-5-6-12(23-11)18(21)22/h5-6,10,15H,2-4,7-9H2,1H3,(H,16,19). The van der Waals surface area contributed by atoms with Crippen LogP contribution in [0.2, 0.25) is 0 Å². The van der Waals surface area contributed by atoms with Gasteiger partial charge in [0, 0.05) is 19.2 Å². The van der Waals surface area contributed by atoms with Crippen LogP contribution >= 0.6 is 11.3 Å². The summed E-state index contributed by atoms with van der Waals surface area (Å²) in [6.45, 7) is 1.87. The SMILES string of the molecule is CNCCCNC(=O)C1CCCN1C(=O)c1ccc([N+](=O)[O-])s1. The molecule has 1 aliphatic heterocycles. The first-order chi connectivity index (χ1) is 11.0. The Morgan fingerprint density at radius 3 is 2.87 bits per heavy atom. The highest BCUT2D eigenvalue weighted by atomic mass is 32.1. The van der Waals surface area contributed by atoms with E-state index in [1.54, 1.807) is 0 Å². The van der Waals surface area contributed by atoms with Crippen LogP contribution in [0.1, 0.15) is 28.9 Å². The van der Waals surface area contributed by atoms with Crippen LogP contribution in [-0.2, 0) is 4.79 Å². The van der Waals surface area contributed by atoms with Crippen molar-refractivity contribution in [2.24, 2.45) is 0 Å². The molecule has 9 heteroatoms. The summed E-state index contributed by atoms with van der Waals surface area (Å²) in [5.74, 6) is -0.464. The van der Waals surface area contributed by atoms with Crippen LogP contribution < -0.4 is 10.6 Å². The van der Waals surface area contributed by atoms with E-state index in [0.717, 1.165) is 30.7 Å². The largest absolute Gasteiger partial charge is 0.354 e. The lowest BCUT2D eigenvalue weighted by atomic mass is 10.2. The molecule has 1 aromatic heterocycles. The molecule has 0 bridgehead atoms. The number of rotatable bonds is 7. The van der Waals surface area contributed by atoms with Crippen LogP contribution in [0.25, 0.3) is 0 Å². The molecule has 0 saturated carbocycles. The zero-order valence-corrected chi connectivity index (χ0v) is 13.7. The molecule has 23 heavy (non-hydrogen) atoms. The fourth-order valence-electron chi connectivity index (χ4n) is 2.56. The van der Waals surface area contributed by atoms with Gasteiger partial charge in [-0.3, -0.25) is 19.7 Å². The van der Waals surface area contributed by atoms with Gasteiger partial charge in [0.05, 0.1) is 9.80 Å². The third kappa shape index (κ3) is 4.26. The van der Waals surface area contributed by atoms with Crippen molar-refractivity contribution in [3.63, 3.8) is 0 Å². The maximum atomic E-state index is 12.5. The van der Waals surface area contributed by atoms with Gasteiger partial charge in [-0.15, -0.1) is 0 Å². The van der Waals surface area contributed by atoms with Crippen molar-refractivity contribution >= 4 is 28.2 Å². The van der Waals surface area contributed by atoms with Crippen molar-refractivity contribution in [1.82, 2.24) is 15.5 Å². The molecule has 1 saturated heterocycles. The Kier molecular flexibility index (Phi) is 6.05. The van der Waals surface area contributed by atoms with Gasteiger partial charge in [-0.25, -0.2) is 0 Å². The van der Waals surface area contributed by atoms with Gasteiger partial charge in [0.15, 0.2) is 0 Å². The molecule has 2 amide bonds. The molecule has 1 atom stereocenters. The highest BCUT2D eigenvalue weighted by Crippen LogP contribution is 2.28. The maximum absolute atomic E-state index is 12.5. The number of amides is 2. The fraction of sp³-hybridized carbons (Fsp3) is 0.571. The Labute approximate surface area is 138 Å². The van der Waals surface area contributed by atoms with Gasteiger partial charge in [-0.1, -0.05) is 11.3 Å². The van der Waals surface area contributed by atoms with Crippen molar-refractivity contribution in [2.45, 2.75) is 25.3 Å². The second-order valence-corrected chi connectivity index (χ2v) is 6.36. The number of carbonyl (C=O) groups excluding carboxylic acids is 2. The van der Waals surface area contributed by atoms with E-state index in [0.29, 0.717) is 24.4 Å². The smallest absolute Gasteiger partial charge is 0.324 e. The number of nitrogens with one attached hydrogen (secondary N) is 2. The summed E-state index contributed by atoms with van der Waals surface area (Å²) in [5.41, 5.74) is 0. The zero-order valence-electron chi connectivity index (χ0n) is 12.9. The molecule has 0 aliphatic carbocycles. The van der Waals surface area contributed by atoms with Crippen LogP contribution in [0.5, 0.6) is 0 Å². The van der Waals surface area contributed by atoms with E-state index in [2.05, 4.69) is 10.6 Å². The summed E-state index contributed by atoms with van der Waals surface area (Å²) >= 11 is 0.844. The minimum absolute atomic E-state index is 0.0689. The molecule has 0 aromatic carbocycles. The summed E-state index contributed by atoms with van der Waals surface area (Å²) in [6.07, 6.45) is 2.20. The monoisotopic (exact) mass is 340 g/mol. The van der Waals surface area contributed by atoms with Gasteiger partial charge in [0.25, 0.3) is 5.91 Å². The molecule has 2 N–H and O–H groups in total. The summed E-state index contributed by atoms with van der Waals surface area (Å²) < 4.78 is 0. The average Bonchev–Trinajstić information content (AvgIpc) is 3.19. The van der Waals surface area contributed by atoms with Gasteiger partial charge in [-0.05, 0) is 38.9 Å². The van der Waals surface area contributed by atoms with Gasteiger partial charge in [0.1, 0.15) is 6.04 Å². The summed E-state index contributed by atoms with van der Waals surface area (Å²) in [7, 11) is 1.85. The summed E-state index contributed by atoms with van der Waals surface area (Å²) in [5, 5.41) is 16.5. The number of hydrogen-bond acceptors (Lipinski definition) is 6. The quantitative estimate of drug-likeness (QED) is 0.437. The Morgan fingerprint density at radius 1 is 1.43 bits per heavy atom. The highest BCUT2D eigenvalue weighted by Gasteiger charge is 2.35. The van der Waals surface area contributed by atoms with Crippen molar-refractivity contribution in [2.75, 3.05) is 26.7 Å². The first-order valence-electron chi connectivity index (χ1n) is 7.52. The van der Waals surface area contributed by atoms with E-state index in [-0.39, 0.29) is 16.8 Å². The number of likely N-dealkylation sites (tertiary alicyclic amines) is 1. The van der Waals surface area contributed by atoms with E-state index in [4.69, 9.17) is 0 Å². The molecule has 1 fully saturated rings. The Bertz CT molecular complexity index is 589. The third-order valence-corrected chi connectivity index (χ3v) is 4.73. The second kappa shape index (κ2) is 8.02. The molecular formula is C14H20N4O4S. The van der Waals surface area contributed by atoms with E-state index in [9.17, 15) is 19.7 Å². The number of nitrogens with zero attached hydrogens (tertiary/aromatic N) is 2. The van der Waals surface area contributed by atoms with Gasteiger partial charge in [0.2, 0.25) is 5.91 Å². The predicted molar refractivity (Wildman–Crippen MR) is 86.6 cm³/mol. The van der Waals surface area contributed by atoms with Crippen molar-refractivity contribution in [3.05, 3.63) is 27.1 Å². The minimum atomic E-state index is -0.516. The lowest BCUT2D eigenvalue weighted by molar-refractivity contribution is -0.380. The molecule has 126 valence electrons. The predicted octanol–water partition coefficient (Wildman–Crippen LogP) is 0.987. The van der Waals surface area contributed by atoms with Gasteiger partial charge in [-0.2, -0.15) is 0 Å². The summed E-state index contributed by atoms with van der Waals surface area (Å²) in [6, 6.07) is 2.28. The van der Waals surface area contributed by atoms with Crippen molar-refractivity contribution in [1.29, 1.82) is 0 Å². The molecule has 1 aliphatic rings. The van der Waals surface area contributed by atoms with Crippen LogP contribution in [0.3, 0.4) is 0 Å². The maximum Gasteiger partial charge on any atom is 0.324 e. The number of hydrogen-bond donors (Lipinski definition) is 2. The topological polar surface area (TPSA) is 105 Å². The average molecular weight is 340 g/mol. The van der Waals surface area contributed by atoms with Crippen molar-refractivity contribution in [3.8, 4) is 0 Å². The molecule has 0 spiro atoms. The van der Waals surface area contributed by atoms with Gasteiger partial charge >= 0.3 is 5.00 Å². The van der Waals surface area contributed by atoms with Crippen LogP contribution in [0, 0.1) is 10.1 Å². The van der Waals surface area contributed by atoms with Crippen LogP contribution in [0.4, 0.5) is 5.00 Å². The van der Waals surface area contributed by atoms with E-state index >= 15 is 0 Å². The molecule has 0 radical (unpaired) electrons. The third-order valence-electron chi connectivity index (χ3n) is 3.70. The second-order valence-electron chi connectivity index (χ2n) is 5.30. The molecule has 2 rings (SSSR count). The lowest BCUT2D eigenvalue weighted by Gasteiger charge is -2.23. The highest BCUT2D eigenvalue weighted by molar-refractivity contribution is 7.17. The van der Waals surface area contributed by atoms with Crippen LogP contribution in [-0.4, -0.2) is 54.4 Å². The first kappa shape index (κ1) is 17.4. The fourth-order valence-corrected chi connectivity index (χ4v) is 3.34. The Balaban J connectivity index is 1.98. The Morgan fingerprint density at radius 2 is 2.22 bits per heavy atom. The van der Waals surface area contributed by atoms with Crippen LogP contribution in [0.15, 0.2) is 12.1 Å². The molecule has 8 nitrogen and oxygen atoms in total. The number of carbonyl (C=O) groups is 2. The molecule has 1 unspecified atom stereocenters. The molecular weight excluding hydrogens is 320 g/mol. The summed E-state index contributed by atoms with van der Waals surface area (Å²) in [4.78, 5) is 36.8. The Hall–Kier alpha value is -2.00. The zero-order chi connectivity index (χ0) is 16.8. The lowest BCUT2D eigenvalue weighted by Crippen LogP contribution is -2.46. The van der Waals surface area contributed by atoms with Gasteiger partial charge < -0.3 is 15.5 Å². The van der Waals surface area contributed by atoms with Crippen molar-refractivity contribution < 1.29 is 14.5 Å². The first-order valence-corrected chi connectivity index (χ1v) is 8.33. The number of nitro groups is 1. The normalized spacial score (nSPS) is 17.3. The number of thiophene rings is 1. The molecule has 1 aromatic rings. The molecule has 2 heterocycles. The van der Waals surface area contributed by atoms with E-state index < -0.39 is 11.0 Å².